The lowest BCUT2D eigenvalue weighted by Crippen LogP contribution is -2.29. The lowest BCUT2D eigenvalue weighted by Gasteiger charge is -2.23. The van der Waals surface area contributed by atoms with Gasteiger partial charge in [-0.15, -0.1) is 0 Å². The molecule has 3 aromatic carbocycles. The number of aromatic nitrogens is 1. The van der Waals surface area contributed by atoms with E-state index in [0.717, 1.165) is 4.70 Å². The number of carbonyl (C=O) groups excluding carboxylic acids is 2. The molecule has 5 rings (SSSR count). The largest absolute Gasteiger partial charge is 0.507 e. The van der Waals surface area contributed by atoms with Gasteiger partial charge in [-0.3, -0.25) is 14.5 Å². The van der Waals surface area contributed by atoms with Crippen molar-refractivity contribution in [2.75, 3.05) is 19.1 Å². The van der Waals surface area contributed by atoms with Gasteiger partial charge in [0, 0.05) is 5.56 Å². The van der Waals surface area contributed by atoms with Crippen LogP contribution in [0.2, 0.25) is 0 Å². The number of Topliss-reactive ketones (excluding diaryl/α,β-unsaturated/α-hetero) is 1. The number of carbonyl (C=O) groups is 2. The van der Waals surface area contributed by atoms with E-state index in [9.17, 15) is 19.8 Å². The van der Waals surface area contributed by atoms with Crippen LogP contribution < -0.4 is 14.4 Å². The van der Waals surface area contributed by atoms with Crippen molar-refractivity contribution in [3.05, 3.63) is 83.4 Å². The van der Waals surface area contributed by atoms with Crippen LogP contribution in [-0.4, -0.2) is 41.1 Å². The second-order valence-corrected chi connectivity index (χ2v) is 8.81. The number of anilines is 1. The molecule has 1 fully saturated rings. The monoisotopic (exact) mass is 488 g/mol. The summed E-state index contributed by atoms with van der Waals surface area (Å²) in [5.41, 5.74) is 1.42. The molecule has 1 atom stereocenters. The first-order valence-corrected chi connectivity index (χ1v) is 11.4. The first-order chi connectivity index (χ1) is 16.9. The number of hydrogen-bond donors (Lipinski definition) is 2. The summed E-state index contributed by atoms with van der Waals surface area (Å²) in [6, 6.07) is 17.4. The average molecular weight is 489 g/mol. The number of aliphatic hydroxyl groups excluding tert-OH is 1. The predicted molar refractivity (Wildman–Crippen MR) is 132 cm³/mol. The van der Waals surface area contributed by atoms with E-state index in [1.54, 1.807) is 61.7 Å². The van der Waals surface area contributed by atoms with Gasteiger partial charge in [0.05, 0.1) is 36.1 Å². The van der Waals surface area contributed by atoms with Crippen molar-refractivity contribution < 1.29 is 29.3 Å². The van der Waals surface area contributed by atoms with Crippen molar-refractivity contribution in [3.63, 3.8) is 0 Å². The summed E-state index contributed by atoms with van der Waals surface area (Å²) in [5, 5.41) is 21.6. The standard InChI is InChI=1S/C26H20N2O6S/c1-33-16-9-10-17-20(13-16)35-26(27-17)28-22(15-8-11-18(29)19(12-15)34-2)21(24(31)25(28)32)23(30)14-6-4-3-5-7-14/h3-13,22,29-30H,1-2H3/b23-21+. The number of phenols is 1. The number of benzene rings is 3. The molecule has 2 heterocycles. The number of methoxy groups -OCH3 is 2. The Balaban J connectivity index is 1.74. The predicted octanol–water partition coefficient (Wildman–Crippen LogP) is 4.65. The zero-order valence-corrected chi connectivity index (χ0v) is 19.6. The van der Waals surface area contributed by atoms with Crippen LogP contribution >= 0.6 is 11.3 Å². The van der Waals surface area contributed by atoms with E-state index in [4.69, 9.17) is 9.47 Å². The summed E-state index contributed by atoms with van der Waals surface area (Å²) in [5.74, 6) is -1.24. The number of hydrogen-bond acceptors (Lipinski definition) is 8. The number of aliphatic hydroxyl groups is 1. The molecule has 0 radical (unpaired) electrons. The maximum atomic E-state index is 13.3. The molecule has 0 spiro atoms. The lowest BCUT2D eigenvalue weighted by molar-refractivity contribution is -0.132. The van der Waals surface area contributed by atoms with Gasteiger partial charge in [0.15, 0.2) is 16.6 Å². The quantitative estimate of drug-likeness (QED) is 0.239. The number of ketones is 1. The summed E-state index contributed by atoms with van der Waals surface area (Å²) in [6.07, 6.45) is 0. The Morgan fingerprint density at radius 1 is 1.00 bits per heavy atom. The van der Waals surface area contributed by atoms with E-state index in [1.807, 2.05) is 0 Å². The second-order valence-electron chi connectivity index (χ2n) is 7.80. The number of aromatic hydroxyl groups is 1. The van der Waals surface area contributed by atoms with Crippen LogP contribution in [0.3, 0.4) is 0 Å². The summed E-state index contributed by atoms with van der Waals surface area (Å²) in [7, 11) is 2.96. The normalized spacial score (nSPS) is 17.2. The Morgan fingerprint density at radius 2 is 1.77 bits per heavy atom. The van der Waals surface area contributed by atoms with Crippen LogP contribution in [0.4, 0.5) is 5.13 Å². The van der Waals surface area contributed by atoms with Gasteiger partial charge < -0.3 is 19.7 Å². The number of amides is 1. The molecule has 1 aromatic heterocycles. The molecular weight excluding hydrogens is 468 g/mol. The highest BCUT2D eigenvalue weighted by molar-refractivity contribution is 7.22. The molecule has 1 aliphatic heterocycles. The van der Waals surface area contributed by atoms with Gasteiger partial charge in [-0.1, -0.05) is 47.7 Å². The Labute approximate surface area is 204 Å². The van der Waals surface area contributed by atoms with Gasteiger partial charge in [0.2, 0.25) is 0 Å². The highest BCUT2D eigenvalue weighted by atomic mass is 32.1. The third kappa shape index (κ3) is 3.75. The summed E-state index contributed by atoms with van der Waals surface area (Å²) in [4.78, 5) is 32.5. The molecule has 35 heavy (non-hydrogen) atoms. The molecule has 2 N–H and O–H groups in total. The minimum absolute atomic E-state index is 0.0780. The molecule has 176 valence electrons. The molecule has 0 aliphatic carbocycles. The molecule has 1 unspecified atom stereocenters. The van der Waals surface area contributed by atoms with Crippen molar-refractivity contribution >= 4 is 44.1 Å². The highest BCUT2D eigenvalue weighted by Crippen LogP contribution is 2.45. The number of rotatable bonds is 5. The van der Waals surface area contributed by atoms with Crippen LogP contribution in [0.25, 0.3) is 16.0 Å². The fourth-order valence-corrected chi connectivity index (χ4v) is 5.10. The molecule has 8 nitrogen and oxygen atoms in total. The third-order valence-electron chi connectivity index (χ3n) is 5.80. The minimum atomic E-state index is -0.993. The van der Waals surface area contributed by atoms with Gasteiger partial charge >= 0.3 is 5.91 Å². The van der Waals surface area contributed by atoms with E-state index in [0.29, 0.717) is 27.5 Å². The average Bonchev–Trinajstić information content (AvgIpc) is 3.42. The number of thiazole rings is 1. The van der Waals surface area contributed by atoms with Gasteiger partial charge in [-0.25, -0.2) is 4.98 Å². The second kappa shape index (κ2) is 8.77. The molecule has 9 heteroatoms. The first-order valence-electron chi connectivity index (χ1n) is 10.6. The van der Waals surface area contributed by atoms with Gasteiger partial charge in [0.25, 0.3) is 5.78 Å². The van der Waals surface area contributed by atoms with E-state index in [1.165, 1.54) is 35.5 Å². The van der Waals surface area contributed by atoms with E-state index >= 15 is 0 Å². The molecule has 0 saturated carbocycles. The van der Waals surface area contributed by atoms with Gasteiger partial charge in [0.1, 0.15) is 11.5 Å². The van der Waals surface area contributed by atoms with E-state index in [2.05, 4.69) is 4.98 Å². The Hall–Kier alpha value is -4.37. The third-order valence-corrected chi connectivity index (χ3v) is 6.82. The Morgan fingerprint density at radius 3 is 2.49 bits per heavy atom. The SMILES string of the molecule is COc1ccc2nc(N3C(=O)C(=O)/C(=C(/O)c4ccccc4)C3c3ccc(O)c(OC)c3)sc2c1. The van der Waals surface area contributed by atoms with Crippen LogP contribution in [0.1, 0.15) is 17.2 Å². The Kier molecular flexibility index (Phi) is 5.62. The van der Waals surface area contributed by atoms with Crippen LogP contribution in [0.15, 0.2) is 72.3 Å². The van der Waals surface area contributed by atoms with Crippen molar-refractivity contribution in [3.8, 4) is 17.2 Å². The smallest absolute Gasteiger partial charge is 0.301 e. The summed E-state index contributed by atoms with van der Waals surface area (Å²) >= 11 is 1.23. The molecular formula is C26H20N2O6S. The number of nitrogens with zero attached hydrogens (tertiary/aromatic N) is 2. The van der Waals surface area contributed by atoms with Crippen molar-refractivity contribution in [2.45, 2.75) is 6.04 Å². The number of phenolic OH excluding ortho intramolecular Hbond substituents is 1. The first kappa shape index (κ1) is 22.4. The summed E-state index contributed by atoms with van der Waals surface area (Å²) < 4.78 is 11.3. The number of ether oxygens (including phenoxy) is 2. The van der Waals surface area contributed by atoms with Crippen LogP contribution in [0, 0.1) is 0 Å². The topological polar surface area (TPSA) is 109 Å². The van der Waals surface area contributed by atoms with Crippen molar-refractivity contribution in [1.82, 2.24) is 4.98 Å². The summed E-state index contributed by atoms with van der Waals surface area (Å²) in [6.45, 7) is 0. The number of fused-ring (bicyclic) bond motifs is 1. The van der Waals surface area contributed by atoms with E-state index < -0.39 is 17.7 Å². The molecule has 1 amide bonds. The molecule has 1 saturated heterocycles. The molecule has 0 bridgehead atoms. The maximum absolute atomic E-state index is 13.3. The highest BCUT2D eigenvalue weighted by Gasteiger charge is 2.48. The fourth-order valence-electron chi connectivity index (χ4n) is 4.08. The van der Waals surface area contributed by atoms with Gasteiger partial charge in [-0.2, -0.15) is 0 Å². The van der Waals surface area contributed by atoms with E-state index in [-0.39, 0.29) is 22.8 Å². The lowest BCUT2D eigenvalue weighted by atomic mass is 9.95. The van der Waals surface area contributed by atoms with Crippen molar-refractivity contribution in [2.24, 2.45) is 0 Å². The Bertz CT molecular complexity index is 1490. The fraction of sp³-hybridized carbons (Fsp3) is 0.115. The zero-order chi connectivity index (χ0) is 24.7. The molecule has 1 aliphatic rings. The van der Waals surface area contributed by atoms with Crippen molar-refractivity contribution in [1.29, 1.82) is 0 Å². The van der Waals surface area contributed by atoms with Crippen LogP contribution in [0.5, 0.6) is 17.2 Å². The maximum Gasteiger partial charge on any atom is 0.301 e. The molecule has 4 aromatic rings. The van der Waals surface area contributed by atoms with Crippen LogP contribution in [-0.2, 0) is 9.59 Å². The zero-order valence-electron chi connectivity index (χ0n) is 18.8. The van der Waals surface area contributed by atoms with Gasteiger partial charge in [-0.05, 0) is 35.9 Å². The minimum Gasteiger partial charge on any atom is -0.507 e.